The van der Waals surface area contributed by atoms with Crippen molar-refractivity contribution in [2.24, 2.45) is 0 Å². The molecule has 1 aliphatic heterocycles. The third kappa shape index (κ3) is 2.31. The van der Waals surface area contributed by atoms with E-state index < -0.39 is 10.8 Å². The summed E-state index contributed by atoms with van der Waals surface area (Å²) >= 11 is 7.40. The minimum atomic E-state index is -0.660. The Labute approximate surface area is 88.8 Å². The highest BCUT2D eigenvalue weighted by Crippen LogP contribution is 2.28. The van der Waals surface area contributed by atoms with Crippen LogP contribution in [0.1, 0.15) is 10.9 Å². The van der Waals surface area contributed by atoms with Crippen LogP contribution in [0.4, 0.5) is 0 Å². The zero-order valence-corrected chi connectivity index (χ0v) is 9.35. The molecule has 0 aliphatic carbocycles. The van der Waals surface area contributed by atoms with Crippen molar-refractivity contribution in [3.63, 3.8) is 0 Å². The van der Waals surface area contributed by atoms with Crippen molar-refractivity contribution in [1.29, 1.82) is 0 Å². The van der Waals surface area contributed by atoms with Gasteiger partial charge in [-0.2, -0.15) is 0 Å². The molecule has 1 N–H and O–H groups in total. The smallest absolute Gasteiger partial charge is 0.0931 e. The van der Waals surface area contributed by atoms with Crippen molar-refractivity contribution in [2.45, 2.75) is 6.04 Å². The molecule has 0 radical (unpaired) electrons. The molecule has 1 aromatic rings. The first kappa shape index (κ1) is 9.65. The summed E-state index contributed by atoms with van der Waals surface area (Å²) in [5.74, 6) is 1.49. The zero-order valence-electron chi connectivity index (χ0n) is 6.96. The summed E-state index contributed by atoms with van der Waals surface area (Å²) in [4.78, 5) is 1.19. The van der Waals surface area contributed by atoms with Gasteiger partial charge in [0.2, 0.25) is 0 Å². The molecule has 13 heavy (non-hydrogen) atoms. The van der Waals surface area contributed by atoms with Crippen LogP contribution in [0.2, 0.25) is 4.34 Å². The fourth-order valence-electron chi connectivity index (χ4n) is 1.37. The third-order valence-corrected chi connectivity index (χ3v) is 4.72. The van der Waals surface area contributed by atoms with Gasteiger partial charge in [0, 0.05) is 33.7 Å². The summed E-state index contributed by atoms with van der Waals surface area (Å²) in [6.45, 7) is 0.840. The Morgan fingerprint density at radius 2 is 2.46 bits per heavy atom. The summed E-state index contributed by atoms with van der Waals surface area (Å²) in [5.41, 5.74) is 0. The minimum absolute atomic E-state index is 0.243. The Morgan fingerprint density at radius 3 is 3.08 bits per heavy atom. The first-order chi connectivity index (χ1) is 6.25. The zero-order chi connectivity index (χ0) is 9.26. The Hall–Kier alpha value is 0.1000. The highest BCUT2D eigenvalue weighted by Gasteiger charge is 2.20. The lowest BCUT2D eigenvalue weighted by Gasteiger charge is -2.21. The number of nitrogens with one attached hydrogen (secondary N) is 1. The highest BCUT2D eigenvalue weighted by molar-refractivity contribution is 7.85. The van der Waals surface area contributed by atoms with Gasteiger partial charge in [0.25, 0.3) is 0 Å². The van der Waals surface area contributed by atoms with Gasteiger partial charge in [-0.25, -0.2) is 0 Å². The van der Waals surface area contributed by atoms with Crippen LogP contribution in [-0.4, -0.2) is 22.3 Å². The van der Waals surface area contributed by atoms with Gasteiger partial charge in [0.1, 0.15) is 0 Å². The maximum absolute atomic E-state index is 11.3. The first-order valence-corrected chi connectivity index (χ1v) is 6.77. The van der Waals surface area contributed by atoms with Crippen LogP contribution in [0.3, 0.4) is 0 Å². The average Bonchev–Trinajstić information content (AvgIpc) is 2.52. The maximum atomic E-state index is 11.3. The second-order valence-corrected chi connectivity index (χ2v) is 6.33. The third-order valence-electron chi connectivity index (χ3n) is 2.01. The van der Waals surface area contributed by atoms with E-state index in [9.17, 15) is 4.21 Å². The van der Waals surface area contributed by atoms with Gasteiger partial charge in [0.15, 0.2) is 0 Å². The largest absolute Gasteiger partial charge is 0.308 e. The van der Waals surface area contributed by atoms with Crippen LogP contribution in [0.15, 0.2) is 12.1 Å². The Morgan fingerprint density at radius 1 is 1.62 bits per heavy atom. The van der Waals surface area contributed by atoms with Gasteiger partial charge in [-0.1, -0.05) is 11.6 Å². The quantitative estimate of drug-likeness (QED) is 0.804. The molecule has 2 rings (SSSR count). The van der Waals surface area contributed by atoms with Crippen molar-refractivity contribution >= 4 is 33.7 Å². The number of hydrogen-bond acceptors (Lipinski definition) is 3. The molecule has 0 spiro atoms. The summed E-state index contributed by atoms with van der Waals surface area (Å²) in [7, 11) is -0.660. The molecule has 1 aliphatic rings. The van der Waals surface area contributed by atoms with Crippen LogP contribution in [-0.2, 0) is 10.8 Å². The molecule has 0 bridgehead atoms. The van der Waals surface area contributed by atoms with Crippen LogP contribution in [0.5, 0.6) is 0 Å². The second kappa shape index (κ2) is 4.09. The highest BCUT2D eigenvalue weighted by atomic mass is 35.5. The monoisotopic (exact) mass is 235 g/mol. The first-order valence-electron chi connectivity index (χ1n) is 4.09. The second-order valence-electron chi connectivity index (χ2n) is 2.96. The Kier molecular flexibility index (Phi) is 3.03. The molecule has 0 saturated carbocycles. The molecule has 0 amide bonds. The van der Waals surface area contributed by atoms with Crippen molar-refractivity contribution < 1.29 is 4.21 Å². The average molecular weight is 236 g/mol. The number of hydrogen-bond donors (Lipinski definition) is 1. The minimum Gasteiger partial charge on any atom is -0.308 e. The number of rotatable bonds is 1. The summed E-state index contributed by atoms with van der Waals surface area (Å²) in [5, 5.41) is 3.34. The predicted octanol–water partition coefficient (Wildman–Crippen LogP) is 1.79. The van der Waals surface area contributed by atoms with Gasteiger partial charge < -0.3 is 5.32 Å². The molecule has 72 valence electrons. The van der Waals surface area contributed by atoms with E-state index in [-0.39, 0.29) is 6.04 Å². The van der Waals surface area contributed by atoms with Crippen molar-refractivity contribution in [2.75, 3.05) is 18.1 Å². The van der Waals surface area contributed by atoms with Gasteiger partial charge in [0.05, 0.1) is 10.4 Å². The molecule has 0 aromatic carbocycles. The van der Waals surface area contributed by atoms with E-state index in [0.29, 0.717) is 0 Å². The van der Waals surface area contributed by atoms with Crippen LogP contribution in [0, 0.1) is 0 Å². The summed E-state index contributed by atoms with van der Waals surface area (Å²) in [6, 6.07) is 4.14. The summed E-state index contributed by atoms with van der Waals surface area (Å²) < 4.78 is 12.1. The Bertz CT molecular complexity index is 326. The van der Waals surface area contributed by atoms with E-state index in [0.717, 1.165) is 22.4 Å². The van der Waals surface area contributed by atoms with E-state index in [1.165, 1.54) is 4.88 Å². The lowest BCUT2D eigenvalue weighted by atomic mass is 10.3. The fourth-order valence-corrected chi connectivity index (χ4v) is 3.80. The topological polar surface area (TPSA) is 29.1 Å². The van der Waals surface area contributed by atoms with Crippen LogP contribution in [0.25, 0.3) is 0 Å². The molecule has 1 fully saturated rings. The molecule has 1 saturated heterocycles. The maximum Gasteiger partial charge on any atom is 0.0931 e. The standard InChI is InChI=1S/C8H10ClNOS2/c9-8-2-1-7(12-8)6-5-13(11)4-3-10-6/h1-2,6,10H,3-5H2. The van der Waals surface area contributed by atoms with E-state index in [1.807, 2.05) is 12.1 Å². The van der Waals surface area contributed by atoms with Crippen LogP contribution >= 0.6 is 22.9 Å². The molecule has 2 atom stereocenters. The van der Waals surface area contributed by atoms with Crippen LogP contribution < -0.4 is 5.32 Å². The van der Waals surface area contributed by atoms with Gasteiger partial charge >= 0.3 is 0 Å². The fraction of sp³-hybridized carbons (Fsp3) is 0.500. The number of halogens is 1. The van der Waals surface area contributed by atoms with Gasteiger partial charge in [-0.05, 0) is 12.1 Å². The van der Waals surface area contributed by atoms with E-state index in [2.05, 4.69) is 5.32 Å². The van der Waals surface area contributed by atoms with E-state index >= 15 is 0 Å². The van der Waals surface area contributed by atoms with E-state index in [1.54, 1.807) is 11.3 Å². The molecule has 2 nitrogen and oxygen atoms in total. The molecule has 2 unspecified atom stereocenters. The van der Waals surface area contributed by atoms with Crippen molar-refractivity contribution in [3.8, 4) is 0 Å². The van der Waals surface area contributed by atoms with Gasteiger partial charge in [-0.15, -0.1) is 11.3 Å². The molecule has 5 heteroatoms. The molecular formula is C8H10ClNOS2. The molecular weight excluding hydrogens is 226 g/mol. The van der Waals surface area contributed by atoms with Crippen molar-refractivity contribution in [3.05, 3.63) is 21.3 Å². The lowest BCUT2D eigenvalue weighted by Crippen LogP contribution is -2.35. The van der Waals surface area contributed by atoms with Gasteiger partial charge in [-0.3, -0.25) is 4.21 Å². The van der Waals surface area contributed by atoms with Crippen molar-refractivity contribution in [1.82, 2.24) is 5.32 Å². The lowest BCUT2D eigenvalue weighted by molar-refractivity contribution is 0.579. The SMILES string of the molecule is O=S1CCNC(c2ccc(Cl)s2)C1. The Balaban J connectivity index is 2.12. The normalized spacial score (nSPS) is 29.0. The number of thiophene rings is 1. The molecule has 2 heterocycles. The summed E-state index contributed by atoms with van der Waals surface area (Å²) in [6.07, 6.45) is 0. The molecule has 1 aromatic heterocycles. The predicted molar refractivity (Wildman–Crippen MR) is 57.9 cm³/mol. The van der Waals surface area contributed by atoms with E-state index in [4.69, 9.17) is 11.6 Å².